The van der Waals surface area contributed by atoms with Crippen molar-refractivity contribution in [3.8, 4) is 0 Å². The average molecular weight is 300 g/mol. The van der Waals surface area contributed by atoms with Crippen LogP contribution in [0.25, 0.3) is 0 Å². The van der Waals surface area contributed by atoms with Gasteiger partial charge in [0.1, 0.15) is 5.69 Å². The number of aryl methyl sites for hydroxylation is 1. The molecule has 1 fully saturated rings. The van der Waals surface area contributed by atoms with E-state index in [9.17, 15) is 13.2 Å². The largest absolute Gasteiger partial charge is 0.343 e. The number of fused-ring (bicyclic) bond motifs is 1. The summed E-state index contributed by atoms with van der Waals surface area (Å²) in [5, 5.41) is 0.808. The van der Waals surface area contributed by atoms with Crippen LogP contribution < -0.4 is 4.90 Å². The number of sulfone groups is 1. The molecule has 1 saturated heterocycles. The minimum Gasteiger partial charge on any atom is -0.343 e. The number of nitrogens with zero attached hydrogens (tertiary/aromatic N) is 2. The maximum Gasteiger partial charge on any atom is 0.186 e. The first kappa shape index (κ1) is 13.1. The van der Waals surface area contributed by atoms with Gasteiger partial charge in [-0.25, -0.2) is 13.4 Å². The van der Waals surface area contributed by atoms with Crippen LogP contribution in [0.4, 0.5) is 5.13 Å². The molecule has 0 bridgehead atoms. The third-order valence-electron chi connectivity index (χ3n) is 3.67. The number of hydrogen-bond donors (Lipinski definition) is 0. The minimum atomic E-state index is -2.92. The molecule has 1 unspecified atom stereocenters. The fraction of sp³-hybridized carbons (Fsp3) is 0.667. The molecule has 0 amide bonds. The Labute approximate surface area is 116 Å². The van der Waals surface area contributed by atoms with Crippen molar-refractivity contribution >= 4 is 32.1 Å². The Morgan fingerprint density at radius 2 is 2.16 bits per heavy atom. The Morgan fingerprint density at radius 3 is 2.84 bits per heavy atom. The topological polar surface area (TPSA) is 67.3 Å². The van der Waals surface area contributed by atoms with E-state index in [1.54, 1.807) is 11.3 Å². The molecule has 3 rings (SSSR count). The van der Waals surface area contributed by atoms with E-state index < -0.39 is 9.84 Å². The van der Waals surface area contributed by atoms with Gasteiger partial charge < -0.3 is 4.90 Å². The van der Waals surface area contributed by atoms with Gasteiger partial charge in [-0.05, 0) is 19.8 Å². The number of hydrogen-bond acceptors (Lipinski definition) is 6. The maximum atomic E-state index is 11.8. The van der Waals surface area contributed by atoms with Crippen LogP contribution in [0.2, 0.25) is 0 Å². The lowest BCUT2D eigenvalue weighted by Gasteiger charge is -2.32. The molecule has 1 aliphatic carbocycles. The number of carbonyl (C=O) groups excluding carboxylic acids is 1. The van der Waals surface area contributed by atoms with E-state index in [0.29, 0.717) is 18.7 Å². The molecule has 0 radical (unpaired) electrons. The van der Waals surface area contributed by atoms with Crippen molar-refractivity contribution in [3.05, 3.63) is 10.6 Å². The van der Waals surface area contributed by atoms with Crippen molar-refractivity contribution < 1.29 is 13.2 Å². The molecular formula is C12H16N2O3S2. The van der Waals surface area contributed by atoms with Crippen LogP contribution in [-0.2, 0) is 16.3 Å². The Morgan fingerprint density at radius 1 is 1.37 bits per heavy atom. The second-order valence-corrected chi connectivity index (χ2v) is 8.49. The molecule has 0 N–H and O–H groups in total. The van der Waals surface area contributed by atoms with Crippen LogP contribution in [0.15, 0.2) is 0 Å². The van der Waals surface area contributed by atoms with Crippen LogP contribution in [-0.4, -0.2) is 43.3 Å². The monoisotopic (exact) mass is 300 g/mol. The van der Waals surface area contributed by atoms with E-state index in [1.807, 2.05) is 11.8 Å². The zero-order valence-corrected chi connectivity index (χ0v) is 12.4. The van der Waals surface area contributed by atoms with Crippen LogP contribution in [0.5, 0.6) is 0 Å². The highest BCUT2D eigenvalue weighted by Gasteiger charge is 2.31. The quantitative estimate of drug-likeness (QED) is 0.781. The molecule has 2 heterocycles. The summed E-state index contributed by atoms with van der Waals surface area (Å²) in [4.78, 5) is 19.3. The second kappa shape index (κ2) is 4.56. The predicted octanol–water partition coefficient (Wildman–Crippen LogP) is 1.29. The standard InChI is InChI=1S/C12H16N2O3S2/c1-8-7-19(16,17)6-5-14(8)12-13-11-9(15)3-2-4-10(11)18-12/h8H,2-7H2,1H3. The fourth-order valence-electron chi connectivity index (χ4n) is 2.66. The van der Waals surface area contributed by atoms with Gasteiger partial charge in [-0.2, -0.15) is 0 Å². The van der Waals surface area contributed by atoms with Gasteiger partial charge in [-0.1, -0.05) is 0 Å². The molecule has 104 valence electrons. The zero-order chi connectivity index (χ0) is 13.6. The van der Waals surface area contributed by atoms with Gasteiger partial charge in [-0.15, -0.1) is 11.3 Å². The Bertz CT molecular complexity index is 621. The molecule has 7 heteroatoms. The third kappa shape index (κ3) is 2.41. The molecule has 0 saturated carbocycles. The molecule has 1 aromatic rings. The number of aromatic nitrogens is 1. The lowest BCUT2D eigenvalue weighted by atomic mass is 10.0. The number of anilines is 1. The third-order valence-corrected chi connectivity index (χ3v) is 6.62. The van der Waals surface area contributed by atoms with Crippen LogP contribution >= 0.6 is 11.3 Å². The summed E-state index contributed by atoms with van der Waals surface area (Å²) in [6.07, 6.45) is 2.40. The minimum absolute atomic E-state index is 0.0681. The fourth-order valence-corrected chi connectivity index (χ4v) is 5.47. The highest BCUT2D eigenvalue weighted by Crippen LogP contribution is 2.33. The van der Waals surface area contributed by atoms with Crippen molar-refractivity contribution in [2.45, 2.75) is 32.2 Å². The first-order valence-electron chi connectivity index (χ1n) is 6.46. The van der Waals surface area contributed by atoms with Gasteiger partial charge in [0.25, 0.3) is 0 Å². The smallest absolute Gasteiger partial charge is 0.186 e. The predicted molar refractivity (Wildman–Crippen MR) is 74.8 cm³/mol. The van der Waals surface area contributed by atoms with Gasteiger partial charge in [0.05, 0.1) is 11.5 Å². The average Bonchev–Trinajstić information content (AvgIpc) is 2.72. The zero-order valence-electron chi connectivity index (χ0n) is 10.8. The molecular weight excluding hydrogens is 284 g/mol. The van der Waals surface area contributed by atoms with Gasteiger partial charge in [-0.3, -0.25) is 4.79 Å². The number of Topliss-reactive ketones (excluding diaryl/α,β-unsaturated/α-hetero) is 1. The lowest BCUT2D eigenvalue weighted by molar-refractivity contribution is 0.0968. The van der Waals surface area contributed by atoms with Gasteiger partial charge in [0.15, 0.2) is 20.8 Å². The summed E-state index contributed by atoms with van der Waals surface area (Å²) >= 11 is 1.55. The summed E-state index contributed by atoms with van der Waals surface area (Å²) in [6, 6.07) is -0.0681. The molecule has 2 aliphatic rings. The van der Waals surface area contributed by atoms with Gasteiger partial charge in [0, 0.05) is 23.9 Å². The van der Waals surface area contributed by atoms with Crippen molar-refractivity contribution in [1.82, 2.24) is 4.98 Å². The first-order chi connectivity index (χ1) is 8.96. The van der Waals surface area contributed by atoms with E-state index >= 15 is 0 Å². The van der Waals surface area contributed by atoms with Crippen molar-refractivity contribution in [1.29, 1.82) is 0 Å². The summed E-state index contributed by atoms with van der Waals surface area (Å²) in [5.74, 6) is 0.474. The Kier molecular flexibility index (Phi) is 3.13. The molecule has 19 heavy (non-hydrogen) atoms. The van der Waals surface area contributed by atoms with Crippen molar-refractivity contribution in [3.63, 3.8) is 0 Å². The van der Waals surface area contributed by atoms with E-state index in [4.69, 9.17) is 0 Å². The number of carbonyl (C=O) groups is 1. The number of rotatable bonds is 1. The first-order valence-corrected chi connectivity index (χ1v) is 9.10. The number of ketones is 1. The molecule has 0 aromatic carbocycles. The maximum absolute atomic E-state index is 11.8. The molecule has 5 nitrogen and oxygen atoms in total. The number of thiazole rings is 1. The summed E-state index contributed by atoms with van der Waals surface area (Å²) in [7, 11) is -2.92. The highest BCUT2D eigenvalue weighted by molar-refractivity contribution is 7.91. The Balaban J connectivity index is 1.89. The molecule has 0 spiro atoms. The summed E-state index contributed by atoms with van der Waals surface area (Å²) in [5.41, 5.74) is 0.617. The lowest BCUT2D eigenvalue weighted by Crippen LogP contribution is -2.47. The SMILES string of the molecule is CC1CS(=O)(=O)CCN1c1nc2c(s1)CCCC2=O. The summed E-state index contributed by atoms with van der Waals surface area (Å²) < 4.78 is 23.2. The van der Waals surface area contributed by atoms with Gasteiger partial charge in [0.2, 0.25) is 0 Å². The Hall–Kier alpha value is -0.950. The van der Waals surface area contributed by atoms with Crippen molar-refractivity contribution in [2.75, 3.05) is 23.0 Å². The molecule has 1 atom stereocenters. The van der Waals surface area contributed by atoms with E-state index in [-0.39, 0.29) is 23.3 Å². The second-order valence-electron chi connectivity index (χ2n) is 5.20. The van der Waals surface area contributed by atoms with Crippen molar-refractivity contribution in [2.24, 2.45) is 0 Å². The van der Waals surface area contributed by atoms with E-state index in [2.05, 4.69) is 4.98 Å². The van der Waals surface area contributed by atoms with Crippen LogP contribution in [0.1, 0.15) is 35.1 Å². The summed E-state index contributed by atoms with van der Waals surface area (Å²) in [6.45, 7) is 2.38. The van der Waals surface area contributed by atoms with Crippen LogP contribution in [0, 0.1) is 0 Å². The van der Waals surface area contributed by atoms with Gasteiger partial charge >= 0.3 is 0 Å². The molecule has 1 aliphatic heterocycles. The van der Waals surface area contributed by atoms with Crippen LogP contribution in [0.3, 0.4) is 0 Å². The molecule has 1 aromatic heterocycles. The normalized spacial score (nSPS) is 26.3. The highest BCUT2D eigenvalue weighted by atomic mass is 32.2. The van der Waals surface area contributed by atoms with E-state index in [0.717, 1.165) is 22.9 Å². The van der Waals surface area contributed by atoms with E-state index in [1.165, 1.54) is 0 Å².